The zero-order valence-corrected chi connectivity index (χ0v) is 12.6. The largest absolute Gasteiger partial charge is 0.356 e. The van der Waals surface area contributed by atoms with Gasteiger partial charge in [-0.3, -0.25) is 4.79 Å². The van der Waals surface area contributed by atoms with E-state index in [1.54, 1.807) is 0 Å². The number of hydrogen-bond acceptors (Lipinski definition) is 1. The van der Waals surface area contributed by atoms with Crippen LogP contribution in [-0.2, 0) is 24.1 Å². The van der Waals surface area contributed by atoms with E-state index in [9.17, 15) is 4.79 Å². The molecule has 0 fully saturated rings. The number of nitrogens with one attached hydrogen (secondary N) is 1. The number of carbonyl (C=O) groups is 1. The third-order valence-corrected chi connectivity index (χ3v) is 4.30. The van der Waals surface area contributed by atoms with Crippen LogP contribution >= 0.6 is 11.6 Å². The zero-order chi connectivity index (χ0) is 14.7. The van der Waals surface area contributed by atoms with Gasteiger partial charge >= 0.3 is 0 Å². The molecule has 0 unspecified atom stereocenters. The molecular weight excluding hydrogens is 282 g/mol. The van der Waals surface area contributed by atoms with Crippen LogP contribution in [0.2, 0.25) is 5.02 Å². The quantitative estimate of drug-likeness (QED) is 0.921. The van der Waals surface area contributed by atoms with Gasteiger partial charge in [-0.2, -0.15) is 0 Å². The maximum absolute atomic E-state index is 12.2. The average Bonchev–Trinajstić information content (AvgIpc) is 2.93. The minimum Gasteiger partial charge on any atom is -0.356 e. The van der Waals surface area contributed by atoms with Gasteiger partial charge in [-0.1, -0.05) is 48.0 Å². The lowest BCUT2D eigenvalue weighted by Crippen LogP contribution is -2.32. The third-order valence-electron chi connectivity index (χ3n) is 4.05. The maximum Gasteiger partial charge on any atom is 0.223 e. The Morgan fingerprint density at radius 1 is 1.05 bits per heavy atom. The van der Waals surface area contributed by atoms with Crippen molar-refractivity contribution in [3.8, 4) is 0 Å². The summed E-state index contributed by atoms with van der Waals surface area (Å²) >= 11 is 5.86. The molecule has 0 radical (unpaired) electrons. The molecule has 1 aliphatic rings. The highest BCUT2D eigenvalue weighted by Crippen LogP contribution is 2.26. The average molecular weight is 300 g/mol. The first-order valence-electron chi connectivity index (χ1n) is 7.31. The fourth-order valence-corrected chi connectivity index (χ4v) is 3.00. The second-order valence-electron chi connectivity index (χ2n) is 5.54. The van der Waals surface area contributed by atoms with Crippen LogP contribution in [0.4, 0.5) is 0 Å². The van der Waals surface area contributed by atoms with Crippen LogP contribution in [0.25, 0.3) is 0 Å². The van der Waals surface area contributed by atoms with Crippen LogP contribution in [0, 0.1) is 5.92 Å². The van der Waals surface area contributed by atoms with Gasteiger partial charge < -0.3 is 5.32 Å². The van der Waals surface area contributed by atoms with Gasteiger partial charge in [0.15, 0.2) is 0 Å². The van der Waals surface area contributed by atoms with Gasteiger partial charge in [-0.25, -0.2) is 0 Å². The van der Waals surface area contributed by atoms with Gasteiger partial charge in [0, 0.05) is 17.5 Å². The van der Waals surface area contributed by atoms with Gasteiger partial charge in [0.05, 0.1) is 0 Å². The third kappa shape index (κ3) is 3.45. The van der Waals surface area contributed by atoms with E-state index in [2.05, 4.69) is 17.4 Å². The van der Waals surface area contributed by atoms with E-state index in [0.29, 0.717) is 6.54 Å². The molecule has 3 rings (SSSR count). The van der Waals surface area contributed by atoms with Crippen molar-refractivity contribution in [2.45, 2.75) is 19.3 Å². The summed E-state index contributed by atoms with van der Waals surface area (Å²) in [6.07, 6.45) is 2.56. The summed E-state index contributed by atoms with van der Waals surface area (Å²) in [6, 6.07) is 16.1. The number of carbonyl (C=O) groups excluding carboxylic acids is 1. The van der Waals surface area contributed by atoms with E-state index in [1.165, 1.54) is 16.7 Å². The fourth-order valence-electron chi connectivity index (χ4n) is 2.87. The molecule has 0 spiro atoms. The van der Waals surface area contributed by atoms with Crippen LogP contribution in [-0.4, -0.2) is 12.5 Å². The van der Waals surface area contributed by atoms with Crippen molar-refractivity contribution in [3.63, 3.8) is 0 Å². The van der Waals surface area contributed by atoms with Gasteiger partial charge in [0.1, 0.15) is 0 Å². The number of fused-ring (bicyclic) bond motifs is 1. The SMILES string of the molecule is O=C(NCCc1ccc(Cl)cc1)C1Cc2ccccc2C1. The van der Waals surface area contributed by atoms with E-state index in [0.717, 1.165) is 24.3 Å². The highest BCUT2D eigenvalue weighted by Gasteiger charge is 2.26. The molecular formula is C18H18ClNO. The lowest BCUT2D eigenvalue weighted by atomic mass is 10.1. The van der Waals surface area contributed by atoms with Crippen molar-refractivity contribution in [2.24, 2.45) is 5.92 Å². The Kier molecular flexibility index (Phi) is 4.26. The van der Waals surface area contributed by atoms with Crippen molar-refractivity contribution in [2.75, 3.05) is 6.54 Å². The monoisotopic (exact) mass is 299 g/mol. The predicted molar refractivity (Wildman–Crippen MR) is 85.5 cm³/mol. The smallest absolute Gasteiger partial charge is 0.223 e. The van der Waals surface area contributed by atoms with Crippen molar-refractivity contribution >= 4 is 17.5 Å². The van der Waals surface area contributed by atoms with Gasteiger partial charge in [0.25, 0.3) is 0 Å². The fraction of sp³-hybridized carbons (Fsp3) is 0.278. The van der Waals surface area contributed by atoms with E-state index in [-0.39, 0.29) is 11.8 Å². The van der Waals surface area contributed by atoms with E-state index in [4.69, 9.17) is 11.6 Å². The van der Waals surface area contributed by atoms with Crippen LogP contribution < -0.4 is 5.32 Å². The van der Waals surface area contributed by atoms with Crippen LogP contribution in [0.5, 0.6) is 0 Å². The minimum absolute atomic E-state index is 0.0904. The molecule has 108 valence electrons. The first-order chi connectivity index (χ1) is 10.2. The highest BCUT2D eigenvalue weighted by molar-refractivity contribution is 6.30. The van der Waals surface area contributed by atoms with Crippen LogP contribution in [0.3, 0.4) is 0 Å². The Bertz CT molecular complexity index is 611. The van der Waals surface area contributed by atoms with Gasteiger partial charge in [0.2, 0.25) is 5.91 Å². The minimum atomic E-state index is 0.0904. The number of amides is 1. The molecule has 21 heavy (non-hydrogen) atoms. The van der Waals surface area contributed by atoms with E-state index < -0.39 is 0 Å². The van der Waals surface area contributed by atoms with Crippen molar-refractivity contribution in [1.29, 1.82) is 0 Å². The summed E-state index contributed by atoms with van der Waals surface area (Å²) in [4.78, 5) is 12.2. The molecule has 0 atom stereocenters. The topological polar surface area (TPSA) is 29.1 Å². The summed E-state index contributed by atoms with van der Waals surface area (Å²) in [6.45, 7) is 0.674. The number of hydrogen-bond donors (Lipinski definition) is 1. The van der Waals surface area contributed by atoms with E-state index >= 15 is 0 Å². The summed E-state index contributed by atoms with van der Waals surface area (Å²) in [5, 5.41) is 3.79. The summed E-state index contributed by atoms with van der Waals surface area (Å²) in [7, 11) is 0. The lowest BCUT2D eigenvalue weighted by molar-refractivity contribution is -0.124. The Balaban J connectivity index is 1.48. The summed E-state index contributed by atoms with van der Waals surface area (Å²) in [5.41, 5.74) is 3.82. The second-order valence-corrected chi connectivity index (χ2v) is 5.98. The normalized spacial score (nSPS) is 14.0. The molecule has 1 aliphatic carbocycles. The summed E-state index contributed by atoms with van der Waals surface area (Å²) < 4.78 is 0. The number of halogens is 1. The van der Waals surface area contributed by atoms with E-state index in [1.807, 2.05) is 36.4 Å². The molecule has 3 heteroatoms. The second kappa shape index (κ2) is 6.31. The molecule has 0 bridgehead atoms. The highest BCUT2D eigenvalue weighted by atomic mass is 35.5. The van der Waals surface area contributed by atoms with Gasteiger partial charge in [-0.15, -0.1) is 0 Å². The Labute approximate surface area is 130 Å². The van der Waals surface area contributed by atoms with Crippen LogP contribution in [0.15, 0.2) is 48.5 Å². The molecule has 2 nitrogen and oxygen atoms in total. The summed E-state index contributed by atoms with van der Waals surface area (Å²) in [5.74, 6) is 0.257. The number of rotatable bonds is 4. The molecule has 2 aromatic carbocycles. The molecule has 0 heterocycles. The van der Waals surface area contributed by atoms with Crippen molar-refractivity contribution < 1.29 is 4.79 Å². The molecule has 1 N–H and O–H groups in total. The standard InChI is InChI=1S/C18H18ClNO/c19-17-7-5-13(6-8-17)9-10-20-18(21)16-11-14-3-1-2-4-15(14)12-16/h1-8,16H,9-12H2,(H,20,21). The molecule has 0 saturated heterocycles. The Morgan fingerprint density at radius 2 is 1.67 bits per heavy atom. The Morgan fingerprint density at radius 3 is 2.29 bits per heavy atom. The van der Waals surface area contributed by atoms with Gasteiger partial charge in [-0.05, 0) is 48.1 Å². The number of benzene rings is 2. The predicted octanol–water partition coefficient (Wildman–Crippen LogP) is 3.41. The van der Waals surface area contributed by atoms with Crippen molar-refractivity contribution in [1.82, 2.24) is 5.32 Å². The zero-order valence-electron chi connectivity index (χ0n) is 11.8. The van der Waals surface area contributed by atoms with Crippen molar-refractivity contribution in [3.05, 3.63) is 70.2 Å². The Hall–Kier alpha value is -1.80. The van der Waals surface area contributed by atoms with Crippen LogP contribution in [0.1, 0.15) is 16.7 Å². The molecule has 0 aromatic heterocycles. The molecule has 0 aliphatic heterocycles. The molecule has 1 amide bonds. The molecule has 0 saturated carbocycles. The maximum atomic E-state index is 12.2. The lowest BCUT2D eigenvalue weighted by Gasteiger charge is -2.10. The molecule has 2 aromatic rings. The first-order valence-corrected chi connectivity index (χ1v) is 7.69. The first kappa shape index (κ1) is 14.2.